The van der Waals surface area contributed by atoms with Crippen molar-refractivity contribution in [2.45, 2.75) is 31.6 Å². The molecule has 0 aliphatic heterocycles. The van der Waals surface area contributed by atoms with Crippen molar-refractivity contribution in [3.63, 3.8) is 0 Å². The second-order valence-electron chi connectivity index (χ2n) is 9.66. The van der Waals surface area contributed by atoms with Crippen molar-refractivity contribution in [2.24, 2.45) is 21.9 Å². The monoisotopic (exact) mass is 631 g/mol. The molecule has 0 saturated heterocycles. The molecule has 11 nitrogen and oxygen atoms in total. The van der Waals surface area contributed by atoms with E-state index in [4.69, 9.17) is 27.4 Å². The molecule has 0 radical (unpaired) electrons. The molecule has 4 rings (SSSR count). The Balaban J connectivity index is 1.55. The first-order valence-corrected chi connectivity index (χ1v) is 15.4. The van der Waals surface area contributed by atoms with Gasteiger partial charge in [0.2, 0.25) is 0 Å². The first kappa shape index (κ1) is 31.9. The number of pyridine rings is 1. The van der Waals surface area contributed by atoms with E-state index >= 15 is 0 Å². The maximum atomic E-state index is 13.2. The summed E-state index contributed by atoms with van der Waals surface area (Å²) in [7, 11) is -3.86. The highest BCUT2D eigenvalue weighted by atomic mass is 32.2. The van der Waals surface area contributed by atoms with E-state index in [0.717, 1.165) is 6.42 Å². The summed E-state index contributed by atoms with van der Waals surface area (Å²) in [4.78, 5) is 29.9. The minimum Gasteiger partial charge on any atom is -0.426 e. The van der Waals surface area contributed by atoms with Gasteiger partial charge in [-0.15, -0.1) is 0 Å². The minimum absolute atomic E-state index is 0.0111. The lowest BCUT2D eigenvalue weighted by atomic mass is 10.1. The Morgan fingerprint density at radius 3 is 2.27 bits per heavy atom. The Kier molecular flexibility index (Phi) is 10.5. The summed E-state index contributed by atoms with van der Waals surface area (Å²) in [6, 6.07) is 21.3. The predicted octanol–water partition coefficient (Wildman–Crippen LogP) is 6.49. The van der Waals surface area contributed by atoms with Gasteiger partial charge in [0.15, 0.2) is 0 Å². The first-order chi connectivity index (χ1) is 21.0. The fraction of sp³-hybridized carbons (Fsp3) is 0.161. The summed E-state index contributed by atoms with van der Waals surface area (Å²) in [6.45, 7) is 3.89. The van der Waals surface area contributed by atoms with Gasteiger partial charge < -0.3 is 15.2 Å². The summed E-state index contributed by atoms with van der Waals surface area (Å²) < 4.78 is 38.8. The Hall–Kier alpha value is -5.01. The standard InChI is InChI=1S/C31H29N5O6S2/c1-3-20(2)18-29(37)42-27-16-11-23(19-26(27)31(38)41-24-12-7-21(8-13-24)30(32)43)35-34-22-9-14-25(15-10-22)44(39,40)36-28-6-4-5-17-33-28/h4-17,19-20H,3,18H2,1-2H3,(H2,32,43)(H,33,36)/b35-34+. The number of hydrogen-bond acceptors (Lipinski definition) is 10. The quantitative estimate of drug-likeness (QED) is 0.0770. The van der Waals surface area contributed by atoms with Crippen molar-refractivity contribution in [3.8, 4) is 11.5 Å². The summed E-state index contributed by atoms with van der Waals surface area (Å²) in [5.74, 6) is -0.743. The lowest BCUT2D eigenvalue weighted by Gasteiger charge is -2.12. The molecule has 4 aromatic rings. The van der Waals surface area contributed by atoms with Gasteiger partial charge in [0.05, 0.1) is 16.3 Å². The van der Waals surface area contributed by atoms with Crippen LogP contribution in [0.1, 0.15) is 42.6 Å². The van der Waals surface area contributed by atoms with E-state index in [-0.39, 0.29) is 50.8 Å². The third-order valence-corrected chi connectivity index (χ3v) is 7.91. The van der Waals surface area contributed by atoms with E-state index < -0.39 is 22.0 Å². The zero-order valence-corrected chi connectivity index (χ0v) is 25.5. The predicted molar refractivity (Wildman–Crippen MR) is 169 cm³/mol. The molecule has 1 atom stereocenters. The zero-order valence-electron chi connectivity index (χ0n) is 23.8. The molecule has 3 N–H and O–H groups in total. The lowest BCUT2D eigenvalue weighted by molar-refractivity contribution is -0.135. The Labute approximate surface area is 260 Å². The lowest BCUT2D eigenvalue weighted by Crippen LogP contribution is -2.16. The number of carbonyl (C=O) groups is 2. The van der Waals surface area contributed by atoms with Gasteiger partial charge in [-0.1, -0.05) is 38.6 Å². The summed E-state index contributed by atoms with van der Waals surface area (Å²) in [5, 5.41) is 8.32. The van der Waals surface area contributed by atoms with Crippen LogP contribution in [0, 0.1) is 5.92 Å². The molecule has 44 heavy (non-hydrogen) atoms. The third-order valence-electron chi connectivity index (χ3n) is 6.30. The number of thiocarbonyl (C=S) groups is 1. The van der Waals surface area contributed by atoms with Crippen LogP contribution in [0.4, 0.5) is 17.2 Å². The number of anilines is 1. The molecule has 226 valence electrons. The van der Waals surface area contributed by atoms with E-state index in [2.05, 4.69) is 19.9 Å². The van der Waals surface area contributed by atoms with Crippen molar-refractivity contribution in [1.29, 1.82) is 0 Å². The van der Waals surface area contributed by atoms with Crippen molar-refractivity contribution in [3.05, 3.63) is 102 Å². The van der Waals surface area contributed by atoms with E-state index in [0.29, 0.717) is 11.3 Å². The molecule has 0 aliphatic rings. The molecule has 1 heterocycles. The van der Waals surface area contributed by atoms with Crippen LogP contribution >= 0.6 is 12.2 Å². The van der Waals surface area contributed by atoms with E-state index in [1.54, 1.807) is 36.4 Å². The normalized spacial score (nSPS) is 12.0. The fourth-order valence-electron chi connectivity index (χ4n) is 3.70. The molecule has 0 amide bonds. The topological polar surface area (TPSA) is 162 Å². The number of aromatic nitrogens is 1. The number of hydrogen-bond donors (Lipinski definition) is 2. The number of rotatable bonds is 12. The number of nitrogens with zero attached hydrogens (tertiary/aromatic N) is 3. The molecule has 13 heteroatoms. The van der Waals surface area contributed by atoms with Gasteiger partial charge >= 0.3 is 11.9 Å². The number of azo groups is 1. The SMILES string of the molecule is CCC(C)CC(=O)Oc1ccc(/N=N/c2ccc(S(=O)(=O)Nc3ccccn3)cc2)cc1C(=O)Oc1ccc(C(N)=S)cc1. The number of nitrogens with two attached hydrogens (primary N) is 1. The van der Waals surface area contributed by atoms with E-state index in [1.165, 1.54) is 54.7 Å². The van der Waals surface area contributed by atoms with Gasteiger partial charge in [0.1, 0.15) is 27.9 Å². The van der Waals surface area contributed by atoms with Crippen LogP contribution in [-0.2, 0) is 14.8 Å². The first-order valence-electron chi connectivity index (χ1n) is 13.5. The van der Waals surface area contributed by atoms with Gasteiger partial charge in [-0.3, -0.25) is 9.52 Å². The Bertz CT molecular complexity index is 1780. The average Bonchev–Trinajstić information content (AvgIpc) is 3.01. The van der Waals surface area contributed by atoms with Gasteiger partial charge in [0, 0.05) is 18.2 Å². The Morgan fingerprint density at radius 2 is 1.64 bits per heavy atom. The number of benzene rings is 3. The largest absolute Gasteiger partial charge is 0.426 e. The fourth-order valence-corrected chi connectivity index (χ4v) is 4.84. The molecule has 0 spiro atoms. The minimum atomic E-state index is -3.86. The van der Waals surface area contributed by atoms with Crippen molar-refractivity contribution in [2.75, 3.05) is 4.72 Å². The number of ether oxygens (including phenoxy) is 2. The molecular formula is C31H29N5O6S2. The molecule has 3 aromatic carbocycles. The summed E-state index contributed by atoms with van der Waals surface area (Å²) in [5.41, 5.74) is 6.81. The van der Waals surface area contributed by atoms with Gasteiger partial charge in [-0.25, -0.2) is 18.2 Å². The molecule has 0 saturated carbocycles. The third kappa shape index (κ3) is 8.75. The Morgan fingerprint density at radius 1 is 0.955 bits per heavy atom. The highest BCUT2D eigenvalue weighted by Gasteiger charge is 2.20. The molecule has 0 aliphatic carbocycles. The maximum absolute atomic E-state index is 13.2. The number of nitrogens with one attached hydrogen (secondary N) is 1. The highest BCUT2D eigenvalue weighted by Crippen LogP contribution is 2.29. The molecule has 1 unspecified atom stereocenters. The molecule has 0 fully saturated rings. The molecule has 0 bridgehead atoms. The average molecular weight is 632 g/mol. The number of esters is 2. The van der Waals surface area contributed by atoms with Crippen LogP contribution in [0.25, 0.3) is 0 Å². The van der Waals surface area contributed by atoms with Gasteiger partial charge in [0.25, 0.3) is 10.0 Å². The molecular weight excluding hydrogens is 603 g/mol. The number of carbonyl (C=O) groups excluding carboxylic acids is 2. The van der Waals surface area contributed by atoms with Crippen LogP contribution in [0.3, 0.4) is 0 Å². The highest BCUT2D eigenvalue weighted by molar-refractivity contribution is 7.92. The van der Waals surface area contributed by atoms with Crippen molar-refractivity contribution >= 4 is 56.4 Å². The second-order valence-corrected chi connectivity index (χ2v) is 11.8. The van der Waals surface area contributed by atoms with Crippen molar-refractivity contribution in [1.82, 2.24) is 4.98 Å². The van der Waals surface area contributed by atoms with Crippen molar-refractivity contribution < 1.29 is 27.5 Å². The van der Waals surface area contributed by atoms with Gasteiger partial charge in [-0.2, -0.15) is 10.2 Å². The number of sulfonamides is 1. The van der Waals surface area contributed by atoms with Crippen LogP contribution in [0.15, 0.2) is 106 Å². The molecule has 1 aromatic heterocycles. The van der Waals surface area contributed by atoms with Gasteiger partial charge in [-0.05, 0) is 84.8 Å². The van der Waals surface area contributed by atoms with Crippen LogP contribution in [-0.4, -0.2) is 30.3 Å². The maximum Gasteiger partial charge on any atom is 0.347 e. The van der Waals surface area contributed by atoms with Crippen LogP contribution in [0.2, 0.25) is 0 Å². The smallest absolute Gasteiger partial charge is 0.347 e. The van der Waals surface area contributed by atoms with Crippen LogP contribution in [0.5, 0.6) is 11.5 Å². The van der Waals surface area contributed by atoms with E-state index in [1.807, 2.05) is 13.8 Å². The summed E-state index contributed by atoms with van der Waals surface area (Å²) in [6.07, 6.45) is 2.45. The summed E-state index contributed by atoms with van der Waals surface area (Å²) >= 11 is 4.96. The zero-order chi connectivity index (χ0) is 31.7. The van der Waals surface area contributed by atoms with Crippen LogP contribution < -0.4 is 19.9 Å². The second kappa shape index (κ2) is 14.4. The van der Waals surface area contributed by atoms with E-state index in [9.17, 15) is 18.0 Å².